The van der Waals surface area contributed by atoms with E-state index in [4.69, 9.17) is 16.3 Å². The van der Waals surface area contributed by atoms with Gasteiger partial charge >= 0.3 is 0 Å². The minimum absolute atomic E-state index is 0.206. The van der Waals surface area contributed by atoms with Crippen LogP contribution in [0.4, 0.5) is 0 Å². The lowest BCUT2D eigenvalue weighted by Crippen LogP contribution is -2.41. The maximum Gasteiger partial charge on any atom is 0.211 e. The molecule has 7 heteroatoms. The zero-order valence-electron chi connectivity index (χ0n) is 12.4. The minimum atomic E-state index is -3.12. The fraction of sp³-hybridized carbons (Fsp3) is 0.643. The van der Waals surface area contributed by atoms with E-state index < -0.39 is 10.0 Å². The molecule has 0 spiro atoms. The normalized spacial score (nSPS) is 20.4. The lowest BCUT2D eigenvalue weighted by molar-refractivity contribution is 0.179. The van der Waals surface area contributed by atoms with Gasteiger partial charge in [0.1, 0.15) is 5.75 Å². The van der Waals surface area contributed by atoms with Crippen LogP contribution in [-0.2, 0) is 15.9 Å². The summed E-state index contributed by atoms with van der Waals surface area (Å²) in [6, 6.07) is 3.76. The predicted octanol–water partition coefficient (Wildman–Crippen LogP) is 2.18. The van der Waals surface area contributed by atoms with Gasteiger partial charge in [0.05, 0.1) is 24.4 Å². The van der Waals surface area contributed by atoms with Gasteiger partial charge in [-0.2, -0.15) is 0 Å². The van der Waals surface area contributed by atoms with Crippen molar-refractivity contribution in [2.45, 2.75) is 25.6 Å². The zero-order chi connectivity index (χ0) is 15.5. The number of hydrogen-bond donors (Lipinski definition) is 0. The van der Waals surface area contributed by atoms with E-state index in [9.17, 15) is 8.42 Å². The quantitative estimate of drug-likeness (QED) is 0.775. The standard InChI is InChI=1S/C14H21ClN2O3S/c1-11-5-6-14(13(8-15)16-11)20-10-12-4-3-7-17(9-12)21(2,18)19/h5-6,12H,3-4,7-10H2,1-2H3. The average molecular weight is 333 g/mol. The largest absolute Gasteiger partial charge is 0.491 e. The molecule has 1 fully saturated rings. The molecule has 1 aromatic rings. The molecular weight excluding hydrogens is 312 g/mol. The molecule has 1 aliphatic rings. The predicted molar refractivity (Wildman–Crippen MR) is 83.2 cm³/mol. The first kappa shape index (κ1) is 16.5. The first-order chi connectivity index (χ1) is 9.90. The number of aromatic nitrogens is 1. The number of rotatable bonds is 5. The van der Waals surface area contributed by atoms with Gasteiger partial charge in [-0.05, 0) is 31.9 Å². The molecule has 1 unspecified atom stereocenters. The lowest BCUT2D eigenvalue weighted by Gasteiger charge is -2.30. The number of piperidine rings is 1. The van der Waals surface area contributed by atoms with Crippen molar-refractivity contribution in [1.82, 2.24) is 9.29 Å². The van der Waals surface area contributed by atoms with Crippen molar-refractivity contribution in [3.63, 3.8) is 0 Å². The molecule has 1 saturated heterocycles. The number of aryl methyl sites for hydroxylation is 1. The Labute approximate surface area is 131 Å². The van der Waals surface area contributed by atoms with Crippen molar-refractivity contribution in [3.8, 4) is 5.75 Å². The molecule has 118 valence electrons. The summed E-state index contributed by atoms with van der Waals surface area (Å²) in [7, 11) is -3.12. The zero-order valence-corrected chi connectivity index (χ0v) is 14.0. The molecule has 5 nitrogen and oxygen atoms in total. The van der Waals surface area contributed by atoms with Crippen molar-refractivity contribution in [1.29, 1.82) is 0 Å². The third-order valence-corrected chi connectivity index (χ3v) is 5.15. The summed E-state index contributed by atoms with van der Waals surface area (Å²) in [5.74, 6) is 1.20. The average Bonchev–Trinajstić information content (AvgIpc) is 2.45. The highest BCUT2D eigenvalue weighted by Crippen LogP contribution is 2.23. The highest BCUT2D eigenvalue weighted by atomic mass is 35.5. The Morgan fingerprint density at radius 1 is 1.48 bits per heavy atom. The molecule has 0 aromatic carbocycles. The highest BCUT2D eigenvalue weighted by molar-refractivity contribution is 7.88. The smallest absolute Gasteiger partial charge is 0.211 e. The molecule has 21 heavy (non-hydrogen) atoms. The van der Waals surface area contributed by atoms with Crippen molar-refractivity contribution in [2.24, 2.45) is 5.92 Å². The van der Waals surface area contributed by atoms with E-state index >= 15 is 0 Å². The van der Waals surface area contributed by atoms with Gasteiger partial charge in [0, 0.05) is 24.7 Å². The van der Waals surface area contributed by atoms with Crippen molar-refractivity contribution in [2.75, 3.05) is 26.0 Å². The van der Waals surface area contributed by atoms with Crippen LogP contribution in [0.2, 0.25) is 0 Å². The SMILES string of the molecule is Cc1ccc(OCC2CCCN(S(C)(=O)=O)C2)c(CCl)n1. The van der Waals surface area contributed by atoms with E-state index in [2.05, 4.69) is 4.98 Å². The first-order valence-electron chi connectivity index (χ1n) is 7.00. The van der Waals surface area contributed by atoms with E-state index in [0.29, 0.717) is 31.3 Å². The molecule has 1 aliphatic heterocycles. The number of alkyl halides is 1. The van der Waals surface area contributed by atoms with Gasteiger partial charge in [0.2, 0.25) is 10.0 Å². The van der Waals surface area contributed by atoms with Crippen LogP contribution in [0.1, 0.15) is 24.2 Å². The van der Waals surface area contributed by atoms with Crippen LogP contribution in [0, 0.1) is 12.8 Å². The maximum absolute atomic E-state index is 11.6. The van der Waals surface area contributed by atoms with Gasteiger partial charge in [-0.3, -0.25) is 4.98 Å². The Bertz CT molecular complexity index is 592. The molecular formula is C14H21ClN2O3S. The number of hydrogen-bond acceptors (Lipinski definition) is 4. The molecule has 1 atom stereocenters. The van der Waals surface area contributed by atoms with E-state index in [1.807, 2.05) is 19.1 Å². The van der Waals surface area contributed by atoms with Crippen LogP contribution in [0.15, 0.2) is 12.1 Å². The Morgan fingerprint density at radius 3 is 2.90 bits per heavy atom. The molecule has 0 bridgehead atoms. The van der Waals surface area contributed by atoms with E-state index in [1.165, 1.54) is 10.6 Å². The van der Waals surface area contributed by atoms with Gasteiger partial charge in [-0.15, -0.1) is 11.6 Å². The number of halogens is 1. The van der Waals surface area contributed by atoms with Crippen LogP contribution < -0.4 is 4.74 Å². The van der Waals surface area contributed by atoms with Crippen molar-refractivity contribution in [3.05, 3.63) is 23.5 Å². The van der Waals surface area contributed by atoms with Crippen molar-refractivity contribution < 1.29 is 13.2 Å². The number of nitrogens with zero attached hydrogens (tertiary/aromatic N) is 2. The number of ether oxygens (including phenoxy) is 1. The molecule has 2 rings (SSSR count). The van der Waals surface area contributed by atoms with Crippen LogP contribution in [0.3, 0.4) is 0 Å². The highest BCUT2D eigenvalue weighted by Gasteiger charge is 2.26. The monoisotopic (exact) mass is 332 g/mol. The topological polar surface area (TPSA) is 59.5 Å². The molecule has 0 saturated carbocycles. The Balaban J connectivity index is 1.97. The fourth-order valence-corrected chi connectivity index (χ4v) is 3.63. The van der Waals surface area contributed by atoms with Gasteiger partial charge in [-0.25, -0.2) is 12.7 Å². The summed E-state index contributed by atoms with van der Waals surface area (Å²) in [6.45, 7) is 3.52. The lowest BCUT2D eigenvalue weighted by atomic mass is 10.0. The first-order valence-corrected chi connectivity index (χ1v) is 9.39. The van der Waals surface area contributed by atoms with Crippen LogP contribution in [0.25, 0.3) is 0 Å². The summed E-state index contributed by atoms with van der Waals surface area (Å²) < 4.78 is 30.5. The van der Waals surface area contributed by atoms with Gasteiger partial charge in [-0.1, -0.05) is 0 Å². The van der Waals surface area contributed by atoms with Gasteiger partial charge in [0.15, 0.2) is 0 Å². The Hall–Kier alpha value is -0.850. The van der Waals surface area contributed by atoms with Crippen molar-refractivity contribution >= 4 is 21.6 Å². The van der Waals surface area contributed by atoms with Gasteiger partial charge in [0.25, 0.3) is 0 Å². The molecule has 0 aliphatic carbocycles. The molecule has 0 radical (unpaired) electrons. The summed E-state index contributed by atoms with van der Waals surface area (Å²) in [5, 5.41) is 0. The maximum atomic E-state index is 11.6. The second kappa shape index (κ2) is 6.94. The van der Waals surface area contributed by atoms with Crippen LogP contribution >= 0.6 is 11.6 Å². The summed E-state index contributed by atoms with van der Waals surface area (Å²) >= 11 is 5.88. The number of sulfonamides is 1. The van der Waals surface area contributed by atoms with Crippen LogP contribution in [-0.4, -0.2) is 43.7 Å². The Kier molecular flexibility index (Phi) is 5.46. The molecule has 1 aromatic heterocycles. The fourth-order valence-electron chi connectivity index (χ4n) is 2.50. The minimum Gasteiger partial charge on any atom is -0.491 e. The molecule has 0 N–H and O–H groups in total. The van der Waals surface area contributed by atoms with E-state index in [0.717, 1.165) is 24.2 Å². The van der Waals surface area contributed by atoms with Crippen LogP contribution in [0.5, 0.6) is 5.75 Å². The Morgan fingerprint density at radius 2 is 2.24 bits per heavy atom. The third kappa shape index (κ3) is 4.56. The molecule has 2 heterocycles. The summed E-state index contributed by atoms with van der Waals surface area (Å²) in [5.41, 5.74) is 1.63. The van der Waals surface area contributed by atoms with E-state index in [-0.39, 0.29) is 5.92 Å². The van der Waals surface area contributed by atoms with E-state index in [1.54, 1.807) is 0 Å². The number of pyridine rings is 1. The summed E-state index contributed by atoms with van der Waals surface area (Å²) in [4.78, 5) is 4.35. The van der Waals surface area contributed by atoms with Gasteiger partial charge < -0.3 is 4.74 Å². The second-order valence-electron chi connectivity index (χ2n) is 5.47. The third-order valence-electron chi connectivity index (χ3n) is 3.62. The summed E-state index contributed by atoms with van der Waals surface area (Å²) in [6.07, 6.45) is 3.10. The second-order valence-corrected chi connectivity index (χ2v) is 7.72. The molecule has 0 amide bonds.